The van der Waals surface area contributed by atoms with Gasteiger partial charge in [0.05, 0.1) is 28.7 Å². The summed E-state index contributed by atoms with van der Waals surface area (Å²) in [4.78, 5) is 62.6. The van der Waals surface area contributed by atoms with Crippen LogP contribution in [0.15, 0.2) is 35.3 Å². The number of esters is 1. The largest absolute Gasteiger partial charge is 0.507 e. The van der Waals surface area contributed by atoms with E-state index in [9.17, 15) is 34.2 Å². The van der Waals surface area contributed by atoms with Crippen molar-refractivity contribution < 1.29 is 38.5 Å². The van der Waals surface area contributed by atoms with Gasteiger partial charge in [0.1, 0.15) is 22.7 Å². The maximum atomic E-state index is 15.4. The summed E-state index contributed by atoms with van der Waals surface area (Å²) < 4.78 is 21.6. The Balaban J connectivity index is 1.22. The lowest BCUT2D eigenvalue weighted by atomic mass is 10.1. The number of rotatable bonds is 9. The highest BCUT2D eigenvalue weighted by molar-refractivity contribution is 6.38. The number of benzene rings is 2. The summed E-state index contributed by atoms with van der Waals surface area (Å²) in [6, 6.07) is 4.55. The minimum Gasteiger partial charge on any atom is -0.507 e. The van der Waals surface area contributed by atoms with Crippen LogP contribution in [0.3, 0.4) is 0 Å². The minimum absolute atomic E-state index is 0.00485. The molecule has 2 fully saturated rings. The normalized spacial score (nSPS) is 16.3. The average molecular weight is 615 g/mol. The molecule has 1 unspecified atom stereocenters. The Labute approximate surface area is 249 Å². The summed E-state index contributed by atoms with van der Waals surface area (Å²) in [5.41, 5.74) is -0.722. The highest BCUT2D eigenvalue weighted by atomic mass is 35.5. The molecule has 2 aromatic carbocycles. The van der Waals surface area contributed by atoms with E-state index in [1.807, 2.05) is 0 Å². The van der Waals surface area contributed by atoms with E-state index >= 15 is 4.39 Å². The lowest BCUT2D eigenvalue weighted by Crippen LogP contribution is -2.37. The smallest absolute Gasteiger partial charge is 0.341 e. The molecule has 1 atom stereocenters. The summed E-state index contributed by atoms with van der Waals surface area (Å²) in [6.07, 6.45) is 3.02. The molecule has 1 aromatic heterocycles. The maximum absolute atomic E-state index is 15.4. The van der Waals surface area contributed by atoms with Gasteiger partial charge in [0.15, 0.2) is 0 Å². The van der Waals surface area contributed by atoms with Crippen molar-refractivity contribution in [2.75, 3.05) is 30.4 Å². The molecule has 14 heteroatoms. The summed E-state index contributed by atoms with van der Waals surface area (Å²) >= 11 is 6.69. The van der Waals surface area contributed by atoms with Gasteiger partial charge in [0.2, 0.25) is 17.2 Å². The number of carboxylic acid groups (broad SMARTS) is 1. The van der Waals surface area contributed by atoms with Crippen LogP contribution in [0.5, 0.6) is 5.75 Å². The molecule has 0 spiro atoms. The molecule has 2 heterocycles. The molecule has 1 aliphatic carbocycles. The van der Waals surface area contributed by atoms with Gasteiger partial charge in [-0.25, -0.2) is 14.0 Å². The number of nitrogens with one attached hydrogen (secondary N) is 2. The van der Waals surface area contributed by atoms with Crippen molar-refractivity contribution in [2.45, 2.75) is 44.2 Å². The fourth-order valence-electron chi connectivity index (χ4n) is 5.24. The van der Waals surface area contributed by atoms with Crippen LogP contribution in [0.4, 0.5) is 15.8 Å². The topological polar surface area (TPSA) is 167 Å². The Hall–Kier alpha value is -4.65. The summed E-state index contributed by atoms with van der Waals surface area (Å²) in [6.45, 7) is 0.590. The van der Waals surface area contributed by atoms with Gasteiger partial charge < -0.3 is 35.1 Å². The Morgan fingerprint density at radius 2 is 1.81 bits per heavy atom. The zero-order valence-electron chi connectivity index (χ0n) is 23.0. The van der Waals surface area contributed by atoms with Gasteiger partial charge >= 0.3 is 11.9 Å². The van der Waals surface area contributed by atoms with Gasteiger partial charge in [-0.05, 0) is 37.5 Å². The molecule has 2 aliphatic rings. The van der Waals surface area contributed by atoms with Crippen molar-refractivity contribution in [3.05, 3.63) is 62.7 Å². The van der Waals surface area contributed by atoms with Crippen LogP contribution in [0.1, 0.15) is 58.9 Å². The van der Waals surface area contributed by atoms with Gasteiger partial charge in [0, 0.05) is 56.0 Å². The van der Waals surface area contributed by atoms with Crippen molar-refractivity contribution in [2.24, 2.45) is 0 Å². The number of phenols is 1. The monoisotopic (exact) mass is 614 g/mol. The molecule has 3 aromatic rings. The third-order valence-electron chi connectivity index (χ3n) is 7.49. The summed E-state index contributed by atoms with van der Waals surface area (Å²) in [5.74, 6) is -4.13. The SMILES string of the molecule is COC(=O)c1ccc(NC(=O)CCC(=O)NC2CCN(c3c(F)cc4c(=O)c(C(=O)O)cn(C5CC5)c4c3Cl)C2)cc1O. The third-order valence-corrected chi connectivity index (χ3v) is 7.85. The van der Waals surface area contributed by atoms with Gasteiger partial charge in [-0.15, -0.1) is 0 Å². The van der Waals surface area contributed by atoms with Gasteiger partial charge in [-0.3, -0.25) is 14.4 Å². The standard InChI is InChI=1S/C29H28ClFN4O8/c1-43-29(42)17-5-2-14(10-21(17)36)32-22(37)6-7-23(38)33-15-8-9-34(12-15)26-20(31)11-18-25(24(26)30)35(16-3-4-16)13-19(27(18)39)28(40)41/h2,5,10-11,13,15-16,36H,3-4,6-9,12H2,1H3,(H,32,37)(H,33,38)(H,40,41). The van der Waals surface area contributed by atoms with Crippen LogP contribution >= 0.6 is 11.6 Å². The van der Waals surface area contributed by atoms with Crippen LogP contribution in [0, 0.1) is 5.82 Å². The molecule has 43 heavy (non-hydrogen) atoms. The number of fused-ring (bicyclic) bond motifs is 1. The predicted octanol–water partition coefficient (Wildman–Crippen LogP) is 3.43. The number of amides is 2. The number of carbonyl (C=O) groups is 4. The average Bonchev–Trinajstić information content (AvgIpc) is 3.71. The second kappa shape index (κ2) is 11.9. The van der Waals surface area contributed by atoms with Gasteiger partial charge in [0.25, 0.3) is 0 Å². The quantitative estimate of drug-likeness (QED) is 0.264. The second-order valence-corrected chi connectivity index (χ2v) is 10.9. The number of hydrogen-bond acceptors (Lipinski definition) is 8. The number of phenolic OH excluding ortho intramolecular Hbond substituents is 1. The molecule has 1 saturated heterocycles. The highest BCUT2D eigenvalue weighted by Gasteiger charge is 2.32. The van der Waals surface area contributed by atoms with E-state index in [0.29, 0.717) is 13.0 Å². The molecule has 2 amide bonds. The molecule has 1 aliphatic heterocycles. The van der Waals surface area contributed by atoms with Crippen molar-refractivity contribution in [1.29, 1.82) is 0 Å². The number of carbonyl (C=O) groups excluding carboxylic acids is 3. The number of nitrogens with zero attached hydrogens (tertiary/aromatic N) is 2. The van der Waals surface area contributed by atoms with Crippen molar-refractivity contribution in [3.8, 4) is 5.75 Å². The number of ether oxygens (including phenoxy) is 1. The van der Waals surface area contributed by atoms with Crippen molar-refractivity contribution in [3.63, 3.8) is 0 Å². The molecule has 226 valence electrons. The van der Waals surface area contributed by atoms with E-state index in [1.165, 1.54) is 31.5 Å². The first kappa shape index (κ1) is 29.8. The second-order valence-electron chi connectivity index (χ2n) is 10.5. The molecule has 12 nitrogen and oxygen atoms in total. The van der Waals surface area contributed by atoms with Gasteiger partial charge in [-0.2, -0.15) is 0 Å². The summed E-state index contributed by atoms with van der Waals surface area (Å²) in [5, 5.41) is 24.7. The van der Waals surface area contributed by atoms with Crippen LogP contribution in [0.2, 0.25) is 5.02 Å². The first-order valence-electron chi connectivity index (χ1n) is 13.5. The Bertz CT molecular complexity index is 1720. The third kappa shape index (κ3) is 6.12. The number of aromatic nitrogens is 1. The van der Waals surface area contributed by atoms with E-state index in [2.05, 4.69) is 15.4 Å². The van der Waals surface area contributed by atoms with Crippen molar-refractivity contribution >= 4 is 57.6 Å². The Morgan fingerprint density at radius 3 is 2.47 bits per heavy atom. The first-order valence-corrected chi connectivity index (χ1v) is 13.9. The van der Waals surface area contributed by atoms with Crippen LogP contribution < -0.4 is 21.0 Å². The maximum Gasteiger partial charge on any atom is 0.341 e. The fraction of sp³-hybridized carbons (Fsp3) is 0.345. The molecule has 4 N–H and O–H groups in total. The fourth-order valence-corrected chi connectivity index (χ4v) is 5.65. The minimum atomic E-state index is -1.40. The number of methoxy groups -OCH3 is 1. The molecular formula is C29H28ClFN4O8. The van der Waals surface area contributed by atoms with E-state index < -0.39 is 34.7 Å². The zero-order chi connectivity index (χ0) is 31.0. The zero-order valence-corrected chi connectivity index (χ0v) is 23.7. The van der Waals surface area contributed by atoms with E-state index in [4.69, 9.17) is 11.6 Å². The molecule has 0 bridgehead atoms. The molecule has 0 radical (unpaired) electrons. The number of halogens is 2. The lowest BCUT2D eigenvalue weighted by Gasteiger charge is -2.23. The number of hydrogen-bond donors (Lipinski definition) is 4. The van der Waals surface area contributed by atoms with E-state index in [1.54, 1.807) is 9.47 Å². The number of aromatic carboxylic acids is 1. The predicted molar refractivity (Wildman–Crippen MR) is 154 cm³/mol. The van der Waals surface area contributed by atoms with Crippen molar-refractivity contribution in [1.82, 2.24) is 9.88 Å². The van der Waals surface area contributed by atoms with Crippen LogP contribution in [-0.2, 0) is 14.3 Å². The van der Waals surface area contributed by atoms with Crippen LogP contribution in [0.25, 0.3) is 10.9 Å². The lowest BCUT2D eigenvalue weighted by molar-refractivity contribution is -0.124. The molecular weight excluding hydrogens is 587 g/mol. The van der Waals surface area contributed by atoms with E-state index in [-0.39, 0.29) is 76.0 Å². The van der Waals surface area contributed by atoms with Gasteiger partial charge in [-0.1, -0.05) is 11.6 Å². The summed E-state index contributed by atoms with van der Waals surface area (Å²) in [7, 11) is 1.18. The van der Waals surface area contributed by atoms with Crippen LogP contribution in [-0.4, -0.2) is 64.8 Å². The number of carboxylic acids is 1. The number of pyridine rings is 1. The number of anilines is 2. The molecule has 1 saturated carbocycles. The first-order chi connectivity index (χ1) is 20.5. The van der Waals surface area contributed by atoms with E-state index in [0.717, 1.165) is 18.9 Å². The Morgan fingerprint density at radius 1 is 1.09 bits per heavy atom. The molecule has 5 rings (SSSR count). The highest BCUT2D eigenvalue weighted by Crippen LogP contribution is 2.42. The number of aromatic hydroxyl groups is 1. The Kier molecular flexibility index (Phi) is 8.27.